The summed E-state index contributed by atoms with van der Waals surface area (Å²) in [5, 5.41) is 4.75. The van der Waals surface area contributed by atoms with Crippen molar-refractivity contribution >= 4 is 20.6 Å². The van der Waals surface area contributed by atoms with Crippen LogP contribution in [0.15, 0.2) is 36.4 Å². The zero-order valence-electron chi connectivity index (χ0n) is 12.8. The normalized spacial score (nSPS) is 14.9. The van der Waals surface area contributed by atoms with Crippen LogP contribution in [-0.2, 0) is 9.84 Å². The fraction of sp³-hybridized carbons (Fsp3) is 0.375. The molecule has 2 aromatic rings. The number of rotatable bonds is 5. The van der Waals surface area contributed by atoms with E-state index < -0.39 is 15.1 Å². The second-order valence-corrected chi connectivity index (χ2v) is 7.68. The monoisotopic (exact) mass is 307 g/mol. The van der Waals surface area contributed by atoms with Crippen molar-refractivity contribution in [3.05, 3.63) is 42.0 Å². The summed E-state index contributed by atoms with van der Waals surface area (Å²) in [5.41, 5.74) is 0.966. The average molecular weight is 307 g/mol. The van der Waals surface area contributed by atoms with Gasteiger partial charge in [-0.05, 0) is 48.5 Å². The van der Waals surface area contributed by atoms with Crippen molar-refractivity contribution in [1.82, 2.24) is 5.32 Å². The summed E-state index contributed by atoms with van der Waals surface area (Å²) in [4.78, 5) is 0. The number of nitrogens with one attached hydrogen (secondary N) is 1. The molecule has 0 saturated heterocycles. The summed E-state index contributed by atoms with van der Waals surface area (Å²) in [6.07, 6.45) is 1.27. The van der Waals surface area contributed by atoms with Gasteiger partial charge in [0.1, 0.15) is 5.75 Å². The molecule has 0 aliphatic carbocycles. The lowest BCUT2D eigenvalue weighted by molar-refractivity contribution is 0.415. The van der Waals surface area contributed by atoms with Crippen molar-refractivity contribution in [2.75, 3.05) is 20.4 Å². The van der Waals surface area contributed by atoms with Gasteiger partial charge in [-0.15, -0.1) is 0 Å². The molecular weight excluding hydrogens is 286 g/mol. The van der Waals surface area contributed by atoms with Crippen LogP contribution < -0.4 is 10.1 Å². The van der Waals surface area contributed by atoms with E-state index in [0.29, 0.717) is 0 Å². The van der Waals surface area contributed by atoms with E-state index in [1.165, 1.54) is 6.26 Å². The number of sulfone groups is 1. The van der Waals surface area contributed by atoms with Crippen LogP contribution in [0.1, 0.15) is 18.5 Å². The molecule has 0 fully saturated rings. The largest absolute Gasteiger partial charge is 0.497 e. The molecule has 0 aromatic heterocycles. The van der Waals surface area contributed by atoms with Crippen LogP contribution in [0, 0.1) is 0 Å². The summed E-state index contributed by atoms with van der Waals surface area (Å²) in [7, 11) is 0.313. The summed E-state index contributed by atoms with van der Waals surface area (Å²) < 4.78 is 28.8. The highest BCUT2D eigenvalue weighted by Crippen LogP contribution is 2.27. The lowest BCUT2D eigenvalue weighted by Gasteiger charge is -2.23. The number of hydrogen-bond donors (Lipinski definition) is 1. The molecule has 0 saturated carbocycles. The minimum atomic E-state index is -3.11. The quantitative estimate of drug-likeness (QED) is 0.922. The fourth-order valence-corrected chi connectivity index (χ4v) is 3.27. The maximum Gasteiger partial charge on any atom is 0.151 e. The van der Waals surface area contributed by atoms with Gasteiger partial charge in [0, 0.05) is 12.3 Å². The molecule has 1 N–H and O–H groups in total. The van der Waals surface area contributed by atoms with E-state index in [1.54, 1.807) is 21.1 Å². The summed E-state index contributed by atoms with van der Waals surface area (Å²) in [6, 6.07) is 11.6. The molecule has 5 heteroatoms. The van der Waals surface area contributed by atoms with Gasteiger partial charge < -0.3 is 10.1 Å². The Morgan fingerprint density at radius 1 is 1.10 bits per heavy atom. The Bertz CT molecular complexity index is 740. The topological polar surface area (TPSA) is 55.4 Å². The highest BCUT2D eigenvalue weighted by atomic mass is 32.2. The number of benzene rings is 2. The van der Waals surface area contributed by atoms with Crippen LogP contribution in [0.25, 0.3) is 10.8 Å². The van der Waals surface area contributed by atoms with Gasteiger partial charge in [-0.1, -0.05) is 18.2 Å². The van der Waals surface area contributed by atoms with Gasteiger partial charge in [-0.2, -0.15) is 0 Å². The smallest absolute Gasteiger partial charge is 0.151 e. The van der Waals surface area contributed by atoms with Crippen molar-refractivity contribution in [3.8, 4) is 5.75 Å². The van der Waals surface area contributed by atoms with E-state index in [9.17, 15) is 8.42 Å². The lowest BCUT2D eigenvalue weighted by Crippen LogP contribution is -2.32. The second-order valence-electron chi connectivity index (χ2n) is 5.27. The van der Waals surface area contributed by atoms with Gasteiger partial charge in [0.15, 0.2) is 9.84 Å². The first kappa shape index (κ1) is 15.8. The van der Waals surface area contributed by atoms with Crippen LogP contribution in [-0.4, -0.2) is 34.1 Å². The average Bonchev–Trinajstić information content (AvgIpc) is 2.46. The van der Waals surface area contributed by atoms with Crippen LogP contribution in [0.3, 0.4) is 0 Å². The van der Waals surface area contributed by atoms with Crippen LogP contribution in [0.4, 0.5) is 0 Å². The van der Waals surface area contributed by atoms with Crippen molar-refractivity contribution in [1.29, 1.82) is 0 Å². The Labute approximate surface area is 126 Å². The maximum absolute atomic E-state index is 11.8. The van der Waals surface area contributed by atoms with E-state index in [4.69, 9.17) is 4.74 Å². The first-order valence-corrected chi connectivity index (χ1v) is 8.76. The summed E-state index contributed by atoms with van der Waals surface area (Å²) in [6.45, 7) is 1.73. The Morgan fingerprint density at radius 3 is 2.29 bits per heavy atom. The van der Waals surface area contributed by atoms with Crippen LogP contribution in [0.5, 0.6) is 5.75 Å². The second kappa shape index (κ2) is 6.03. The van der Waals surface area contributed by atoms with Gasteiger partial charge in [0.05, 0.1) is 12.4 Å². The van der Waals surface area contributed by atoms with Crippen molar-refractivity contribution < 1.29 is 13.2 Å². The fourth-order valence-electron chi connectivity index (χ4n) is 2.48. The minimum Gasteiger partial charge on any atom is -0.497 e. The molecule has 0 aliphatic rings. The molecular formula is C16H21NO3S. The molecule has 4 nitrogen and oxygen atoms in total. The Kier molecular flexibility index (Phi) is 4.54. The molecule has 0 spiro atoms. The third kappa shape index (κ3) is 3.36. The van der Waals surface area contributed by atoms with Gasteiger partial charge in [0.25, 0.3) is 0 Å². The Balaban J connectivity index is 2.46. The number of fused-ring (bicyclic) bond motifs is 1. The van der Waals surface area contributed by atoms with Gasteiger partial charge in [-0.3, -0.25) is 0 Å². The van der Waals surface area contributed by atoms with E-state index >= 15 is 0 Å². The highest BCUT2D eigenvalue weighted by Gasteiger charge is 2.26. The molecule has 2 atom stereocenters. The van der Waals surface area contributed by atoms with Crippen molar-refractivity contribution in [2.24, 2.45) is 0 Å². The standard InChI is InChI=1S/C16H21NO3S/c1-11(21(4,18)19)16(17-2)14-6-5-13-10-15(20-3)8-7-12(13)9-14/h5-11,16-17H,1-4H3. The minimum absolute atomic E-state index is 0.230. The van der Waals surface area contributed by atoms with E-state index in [0.717, 1.165) is 22.1 Å². The Hall–Kier alpha value is -1.59. The molecule has 0 aliphatic heterocycles. The molecule has 21 heavy (non-hydrogen) atoms. The molecule has 2 aromatic carbocycles. The zero-order chi connectivity index (χ0) is 15.6. The van der Waals surface area contributed by atoms with E-state index in [-0.39, 0.29) is 6.04 Å². The molecule has 2 rings (SSSR count). The van der Waals surface area contributed by atoms with E-state index in [2.05, 4.69) is 5.32 Å². The third-order valence-corrected chi connectivity index (χ3v) is 5.51. The molecule has 0 amide bonds. The predicted molar refractivity (Wildman–Crippen MR) is 86.6 cm³/mol. The zero-order valence-corrected chi connectivity index (χ0v) is 13.6. The van der Waals surface area contributed by atoms with Crippen molar-refractivity contribution in [2.45, 2.75) is 18.2 Å². The maximum atomic E-state index is 11.8. The molecule has 114 valence electrons. The van der Waals surface area contributed by atoms with Gasteiger partial charge >= 0.3 is 0 Å². The summed E-state index contributed by atoms with van der Waals surface area (Å²) in [5.74, 6) is 0.810. The molecule has 0 heterocycles. The highest BCUT2D eigenvalue weighted by molar-refractivity contribution is 7.91. The van der Waals surface area contributed by atoms with Crippen molar-refractivity contribution in [3.63, 3.8) is 0 Å². The lowest BCUT2D eigenvalue weighted by atomic mass is 10.00. The van der Waals surface area contributed by atoms with Gasteiger partial charge in [-0.25, -0.2) is 8.42 Å². The first-order valence-electron chi connectivity index (χ1n) is 6.80. The molecule has 0 bridgehead atoms. The number of methoxy groups -OCH3 is 1. The van der Waals surface area contributed by atoms with Gasteiger partial charge in [0.2, 0.25) is 0 Å². The molecule has 2 unspecified atom stereocenters. The summed E-state index contributed by atoms with van der Waals surface area (Å²) >= 11 is 0. The van der Waals surface area contributed by atoms with Crippen LogP contribution in [0.2, 0.25) is 0 Å². The molecule has 0 radical (unpaired) electrons. The number of ether oxygens (including phenoxy) is 1. The third-order valence-electron chi connectivity index (χ3n) is 3.89. The first-order chi connectivity index (χ1) is 9.86. The van der Waals surface area contributed by atoms with Crippen LogP contribution >= 0.6 is 0 Å². The Morgan fingerprint density at radius 2 is 1.71 bits per heavy atom. The predicted octanol–water partition coefficient (Wildman–Crippen LogP) is 2.54. The van der Waals surface area contributed by atoms with E-state index in [1.807, 2.05) is 36.4 Å². The SMILES string of the molecule is CNC(c1ccc2cc(OC)ccc2c1)C(C)S(C)(=O)=O. The number of hydrogen-bond acceptors (Lipinski definition) is 4.